The van der Waals surface area contributed by atoms with Gasteiger partial charge >= 0.3 is 0 Å². The molecule has 34 heavy (non-hydrogen) atoms. The molecule has 0 spiro atoms. The fourth-order valence-electron chi connectivity index (χ4n) is 4.29. The number of benzene rings is 3. The minimum Gasteiger partial charge on any atom is -0.508 e. The average molecular weight is 449 g/mol. The van der Waals surface area contributed by atoms with E-state index >= 15 is 0 Å². The number of nitrogens with two attached hydrogens (primary N) is 1. The van der Waals surface area contributed by atoms with E-state index in [1.807, 2.05) is 18.3 Å². The van der Waals surface area contributed by atoms with Gasteiger partial charge in [-0.3, -0.25) is 4.98 Å². The van der Waals surface area contributed by atoms with Crippen LogP contribution >= 0.6 is 0 Å². The summed E-state index contributed by atoms with van der Waals surface area (Å²) in [5.74, 6) is 0.764. The Morgan fingerprint density at radius 1 is 0.794 bits per heavy atom. The van der Waals surface area contributed by atoms with Crippen molar-refractivity contribution in [3.8, 4) is 5.75 Å². The number of aromatic nitrogens is 2. The van der Waals surface area contributed by atoms with E-state index in [0.29, 0.717) is 5.82 Å². The van der Waals surface area contributed by atoms with Gasteiger partial charge in [0.05, 0.1) is 5.52 Å². The van der Waals surface area contributed by atoms with Crippen LogP contribution in [0.2, 0.25) is 0 Å². The highest BCUT2D eigenvalue weighted by Crippen LogP contribution is 2.28. The van der Waals surface area contributed by atoms with Gasteiger partial charge in [-0.15, -0.1) is 0 Å². The van der Waals surface area contributed by atoms with Crippen molar-refractivity contribution >= 4 is 33.3 Å². The monoisotopic (exact) mass is 448 g/mol. The van der Waals surface area contributed by atoms with Crippen molar-refractivity contribution in [1.29, 1.82) is 0 Å². The van der Waals surface area contributed by atoms with Crippen LogP contribution in [-0.4, -0.2) is 21.6 Å². The SMILES string of the molecule is Cc1ccc2c(c1)nc(N)c1ncc(CCc3ccc(CCNc4ccc(O)cc4)cc3)cc12. The molecule has 0 unspecified atom stereocenters. The van der Waals surface area contributed by atoms with E-state index in [1.165, 1.54) is 22.3 Å². The number of aryl methyl sites for hydroxylation is 3. The van der Waals surface area contributed by atoms with Crippen molar-refractivity contribution in [3.05, 3.63) is 101 Å². The Balaban J connectivity index is 1.23. The van der Waals surface area contributed by atoms with Gasteiger partial charge in [0.1, 0.15) is 11.3 Å². The number of fused-ring (bicyclic) bond motifs is 3. The van der Waals surface area contributed by atoms with Gasteiger partial charge in [0, 0.05) is 29.2 Å². The number of anilines is 2. The quantitative estimate of drug-likeness (QED) is 0.216. The third-order valence-electron chi connectivity index (χ3n) is 6.21. The van der Waals surface area contributed by atoms with E-state index in [-0.39, 0.29) is 5.75 Å². The van der Waals surface area contributed by atoms with Crippen molar-refractivity contribution in [1.82, 2.24) is 9.97 Å². The summed E-state index contributed by atoms with van der Waals surface area (Å²) in [6, 6.07) is 24.5. The standard InChI is InChI=1S/C29H28N4O/c1-19-2-13-25-26-17-22(18-32-28(26)29(30)33-27(25)16-19)8-7-20-3-5-21(6-4-20)14-15-31-23-9-11-24(34)12-10-23/h2-6,9-13,16-18,31,34H,7-8,14-15H2,1H3,(H2,30,33). The molecule has 2 heterocycles. The molecule has 0 aliphatic heterocycles. The highest BCUT2D eigenvalue weighted by molar-refractivity contribution is 6.08. The predicted octanol–water partition coefficient (Wildman–Crippen LogP) is 5.82. The van der Waals surface area contributed by atoms with Crippen LogP contribution in [-0.2, 0) is 19.3 Å². The molecule has 0 aliphatic rings. The Bertz CT molecular complexity index is 1440. The Hall–Kier alpha value is -4.12. The number of aromatic hydroxyl groups is 1. The number of phenolic OH excluding ortho intramolecular Hbond substituents is 1. The summed E-state index contributed by atoms with van der Waals surface area (Å²) in [6.45, 7) is 2.91. The molecule has 0 aliphatic carbocycles. The van der Waals surface area contributed by atoms with Gasteiger partial charge in [0.25, 0.3) is 0 Å². The number of nitrogens with one attached hydrogen (secondary N) is 1. The highest BCUT2D eigenvalue weighted by atomic mass is 16.3. The molecule has 5 aromatic rings. The summed E-state index contributed by atoms with van der Waals surface area (Å²) in [4.78, 5) is 9.17. The molecule has 0 radical (unpaired) electrons. The van der Waals surface area contributed by atoms with E-state index in [9.17, 15) is 5.11 Å². The number of nitrogen functional groups attached to an aromatic ring is 1. The lowest BCUT2D eigenvalue weighted by molar-refractivity contribution is 0.475. The second-order valence-corrected chi connectivity index (χ2v) is 8.80. The van der Waals surface area contributed by atoms with Crippen LogP contribution in [0.1, 0.15) is 22.3 Å². The van der Waals surface area contributed by atoms with Crippen molar-refractivity contribution in [2.75, 3.05) is 17.6 Å². The largest absolute Gasteiger partial charge is 0.508 e. The topological polar surface area (TPSA) is 84.1 Å². The number of pyridine rings is 2. The first kappa shape index (κ1) is 21.7. The zero-order valence-corrected chi connectivity index (χ0v) is 19.3. The van der Waals surface area contributed by atoms with Crippen molar-refractivity contribution < 1.29 is 5.11 Å². The van der Waals surface area contributed by atoms with Crippen LogP contribution < -0.4 is 11.1 Å². The Morgan fingerprint density at radius 3 is 2.26 bits per heavy atom. The summed E-state index contributed by atoms with van der Waals surface area (Å²) in [6.07, 6.45) is 4.73. The molecule has 3 aromatic carbocycles. The lowest BCUT2D eigenvalue weighted by Crippen LogP contribution is -2.04. The molecular weight excluding hydrogens is 420 g/mol. The van der Waals surface area contributed by atoms with E-state index in [1.54, 1.807) is 12.1 Å². The number of hydrogen-bond donors (Lipinski definition) is 3. The van der Waals surface area contributed by atoms with Crippen molar-refractivity contribution in [2.45, 2.75) is 26.2 Å². The maximum atomic E-state index is 9.37. The van der Waals surface area contributed by atoms with E-state index in [2.05, 4.69) is 70.7 Å². The number of phenols is 1. The molecule has 5 heteroatoms. The third-order valence-corrected chi connectivity index (χ3v) is 6.21. The van der Waals surface area contributed by atoms with Gasteiger partial charge in [-0.25, -0.2) is 4.98 Å². The van der Waals surface area contributed by atoms with E-state index in [0.717, 1.165) is 53.3 Å². The number of rotatable bonds is 7. The van der Waals surface area contributed by atoms with Crippen LogP contribution in [0.25, 0.3) is 21.8 Å². The first-order valence-corrected chi connectivity index (χ1v) is 11.6. The molecule has 0 fully saturated rings. The molecule has 0 bridgehead atoms. The lowest BCUT2D eigenvalue weighted by Gasteiger charge is -2.09. The second kappa shape index (κ2) is 9.40. The summed E-state index contributed by atoms with van der Waals surface area (Å²) < 4.78 is 0. The Morgan fingerprint density at radius 2 is 1.50 bits per heavy atom. The third kappa shape index (κ3) is 4.79. The van der Waals surface area contributed by atoms with Crippen LogP contribution in [0.5, 0.6) is 5.75 Å². The first-order chi connectivity index (χ1) is 16.5. The summed E-state index contributed by atoms with van der Waals surface area (Å²) >= 11 is 0. The molecule has 0 amide bonds. The number of nitrogens with zero attached hydrogens (tertiary/aromatic N) is 2. The average Bonchev–Trinajstić information content (AvgIpc) is 2.84. The lowest BCUT2D eigenvalue weighted by atomic mass is 10.0. The van der Waals surface area contributed by atoms with Gasteiger partial charge in [0.2, 0.25) is 0 Å². The van der Waals surface area contributed by atoms with Gasteiger partial charge in [-0.1, -0.05) is 36.4 Å². The maximum Gasteiger partial charge on any atom is 0.150 e. The molecule has 4 N–H and O–H groups in total. The molecule has 2 aromatic heterocycles. The van der Waals surface area contributed by atoms with Crippen molar-refractivity contribution in [2.24, 2.45) is 0 Å². The second-order valence-electron chi connectivity index (χ2n) is 8.80. The van der Waals surface area contributed by atoms with Gasteiger partial charge in [-0.2, -0.15) is 0 Å². The minimum atomic E-state index is 0.283. The summed E-state index contributed by atoms with van der Waals surface area (Å²) in [5, 5.41) is 14.9. The molecule has 0 atom stereocenters. The van der Waals surface area contributed by atoms with Crippen LogP contribution in [0.3, 0.4) is 0 Å². The molecular formula is C29H28N4O. The zero-order chi connectivity index (χ0) is 23.5. The predicted molar refractivity (Wildman–Crippen MR) is 140 cm³/mol. The smallest absolute Gasteiger partial charge is 0.150 e. The van der Waals surface area contributed by atoms with Gasteiger partial charge < -0.3 is 16.2 Å². The van der Waals surface area contributed by atoms with Gasteiger partial charge in [-0.05, 0) is 84.8 Å². The highest BCUT2D eigenvalue weighted by Gasteiger charge is 2.09. The van der Waals surface area contributed by atoms with Crippen LogP contribution in [0.15, 0.2) is 79.0 Å². The molecule has 5 nitrogen and oxygen atoms in total. The summed E-state index contributed by atoms with van der Waals surface area (Å²) in [7, 11) is 0. The Kier molecular flexibility index (Phi) is 6.00. The summed E-state index contributed by atoms with van der Waals surface area (Å²) in [5.41, 5.74) is 13.9. The normalized spacial score (nSPS) is 11.2. The van der Waals surface area contributed by atoms with Gasteiger partial charge in [0.15, 0.2) is 5.82 Å². The zero-order valence-electron chi connectivity index (χ0n) is 19.3. The van der Waals surface area contributed by atoms with Crippen LogP contribution in [0, 0.1) is 6.92 Å². The number of hydrogen-bond acceptors (Lipinski definition) is 5. The molecule has 5 rings (SSSR count). The van der Waals surface area contributed by atoms with E-state index in [4.69, 9.17) is 5.73 Å². The minimum absolute atomic E-state index is 0.283. The van der Waals surface area contributed by atoms with E-state index < -0.39 is 0 Å². The molecule has 0 saturated heterocycles. The fraction of sp³-hybridized carbons (Fsp3) is 0.172. The Labute approximate surface area is 199 Å². The van der Waals surface area contributed by atoms with Crippen LogP contribution in [0.4, 0.5) is 11.5 Å². The fourth-order valence-corrected chi connectivity index (χ4v) is 4.29. The maximum absolute atomic E-state index is 9.37. The first-order valence-electron chi connectivity index (χ1n) is 11.6. The van der Waals surface area contributed by atoms with Crippen molar-refractivity contribution in [3.63, 3.8) is 0 Å². The molecule has 170 valence electrons. The molecule has 0 saturated carbocycles.